The minimum Gasteiger partial charge on any atom is -0.488 e. The molecule has 0 bridgehead atoms. The van der Waals surface area contributed by atoms with Crippen LogP contribution in [0.15, 0.2) is 36.5 Å². The zero-order valence-electron chi connectivity index (χ0n) is 11.9. The normalized spacial score (nSPS) is 16.9. The zero-order valence-corrected chi connectivity index (χ0v) is 11.9. The Kier molecular flexibility index (Phi) is 4.02. The van der Waals surface area contributed by atoms with Crippen molar-refractivity contribution in [3.8, 4) is 5.75 Å². The maximum absolute atomic E-state index is 5.94. The number of hydrogen-bond acceptors (Lipinski definition) is 3. The van der Waals surface area contributed by atoms with Crippen molar-refractivity contribution >= 4 is 0 Å². The molecule has 20 heavy (non-hydrogen) atoms. The lowest BCUT2D eigenvalue weighted by atomic mass is 10.1. The molecule has 4 heteroatoms. The average Bonchev–Trinajstić information content (AvgIpc) is 3.05. The van der Waals surface area contributed by atoms with Gasteiger partial charge in [-0.05, 0) is 30.7 Å². The van der Waals surface area contributed by atoms with Gasteiger partial charge in [-0.2, -0.15) is 5.10 Å². The Hall–Kier alpha value is -1.81. The van der Waals surface area contributed by atoms with Crippen LogP contribution in [0.5, 0.6) is 5.75 Å². The van der Waals surface area contributed by atoms with E-state index in [4.69, 9.17) is 4.74 Å². The van der Waals surface area contributed by atoms with Crippen LogP contribution in [0.2, 0.25) is 0 Å². The minimum absolute atomic E-state index is 0.198. The van der Waals surface area contributed by atoms with Gasteiger partial charge in [-0.3, -0.25) is 4.68 Å². The number of benzene rings is 1. The zero-order chi connectivity index (χ0) is 13.8. The molecule has 0 amide bonds. The second-order valence-electron chi connectivity index (χ2n) is 5.26. The highest BCUT2D eigenvalue weighted by Gasteiger charge is 2.22. The van der Waals surface area contributed by atoms with Crippen LogP contribution < -0.4 is 10.1 Å². The maximum atomic E-state index is 5.94. The first-order valence-electron chi connectivity index (χ1n) is 7.33. The summed E-state index contributed by atoms with van der Waals surface area (Å²) in [6.45, 7) is 4.85. The van der Waals surface area contributed by atoms with E-state index in [1.807, 2.05) is 23.0 Å². The van der Waals surface area contributed by atoms with Crippen LogP contribution >= 0.6 is 0 Å². The molecule has 1 aromatic heterocycles. The molecule has 0 spiro atoms. The summed E-state index contributed by atoms with van der Waals surface area (Å²) in [6, 6.07) is 10.3. The standard InChI is InChI=1S/C16H21N3O/c1-2-8-17-11-14-7-9-19(18-14)12-15-10-13-5-3-4-6-16(13)20-15/h3-7,9,15,17H,2,8,10-12H2,1H3. The van der Waals surface area contributed by atoms with Crippen molar-refractivity contribution in [2.75, 3.05) is 6.54 Å². The number of fused-ring (bicyclic) bond motifs is 1. The summed E-state index contributed by atoms with van der Waals surface area (Å²) in [7, 11) is 0. The number of aromatic nitrogens is 2. The summed E-state index contributed by atoms with van der Waals surface area (Å²) in [5.41, 5.74) is 2.39. The Morgan fingerprint density at radius 3 is 3.10 bits per heavy atom. The van der Waals surface area contributed by atoms with E-state index in [2.05, 4.69) is 35.5 Å². The topological polar surface area (TPSA) is 39.1 Å². The van der Waals surface area contributed by atoms with Crippen molar-refractivity contribution in [1.82, 2.24) is 15.1 Å². The number of para-hydroxylation sites is 1. The summed E-state index contributed by atoms with van der Waals surface area (Å²) >= 11 is 0. The van der Waals surface area contributed by atoms with E-state index in [-0.39, 0.29) is 6.10 Å². The van der Waals surface area contributed by atoms with E-state index in [9.17, 15) is 0 Å². The Morgan fingerprint density at radius 1 is 1.35 bits per heavy atom. The van der Waals surface area contributed by atoms with Crippen LogP contribution in [0, 0.1) is 0 Å². The van der Waals surface area contributed by atoms with Crippen molar-refractivity contribution < 1.29 is 4.74 Å². The van der Waals surface area contributed by atoms with E-state index in [0.717, 1.165) is 43.9 Å². The highest BCUT2D eigenvalue weighted by molar-refractivity contribution is 5.37. The van der Waals surface area contributed by atoms with Gasteiger partial charge in [0.2, 0.25) is 0 Å². The van der Waals surface area contributed by atoms with Crippen molar-refractivity contribution in [3.63, 3.8) is 0 Å². The van der Waals surface area contributed by atoms with Gasteiger partial charge in [-0.25, -0.2) is 0 Å². The molecule has 1 aliphatic heterocycles. The second kappa shape index (κ2) is 6.09. The van der Waals surface area contributed by atoms with Crippen molar-refractivity contribution in [2.45, 2.75) is 39.0 Å². The maximum Gasteiger partial charge on any atom is 0.123 e. The molecule has 1 N–H and O–H groups in total. The number of hydrogen-bond donors (Lipinski definition) is 1. The lowest BCUT2D eigenvalue weighted by Gasteiger charge is -2.10. The summed E-state index contributed by atoms with van der Waals surface area (Å²) in [4.78, 5) is 0. The van der Waals surface area contributed by atoms with Gasteiger partial charge in [0.15, 0.2) is 0 Å². The number of ether oxygens (including phenoxy) is 1. The van der Waals surface area contributed by atoms with Crippen LogP contribution in [0.4, 0.5) is 0 Å². The quantitative estimate of drug-likeness (QED) is 0.820. The molecular weight excluding hydrogens is 250 g/mol. The Balaban J connectivity index is 1.55. The minimum atomic E-state index is 0.198. The van der Waals surface area contributed by atoms with Crippen LogP contribution in [0.1, 0.15) is 24.6 Å². The SMILES string of the molecule is CCCNCc1ccn(CC2Cc3ccccc3O2)n1. The van der Waals surface area contributed by atoms with Gasteiger partial charge in [0.1, 0.15) is 11.9 Å². The lowest BCUT2D eigenvalue weighted by Crippen LogP contribution is -2.21. The molecule has 1 aliphatic rings. The van der Waals surface area contributed by atoms with Crippen LogP contribution in [0.3, 0.4) is 0 Å². The van der Waals surface area contributed by atoms with Gasteiger partial charge in [0.25, 0.3) is 0 Å². The monoisotopic (exact) mass is 271 g/mol. The number of nitrogens with zero attached hydrogens (tertiary/aromatic N) is 2. The summed E-state index contributed by atoms with van der Waals surface area (Å²) < 4.78 is 7.93. The number of rotatable bonds is 6. The highest BCUT2D eigenvalue weighted by Crippen LogP contribution is 2.28. The molecule has 0 saturated heterocycles. The molecule has 106 valence electrons. The summed E-state index contributed by atoms with van der Waals surface area (Å²) in [6.07, 6.45) is 4.35. The molecular formula is C16H21N3O. The molecule has 3 rings (SSSR count). The molecule has 4 nitrogen and oxygen atoms in total. The fourth-order valence-electron chi connectivity index (χ4n) is 2.56. The molecule has 0 fully saturated rings. The molecule has 2 heterocycles. The van der Waals surface area contributed by atoms with E-state index in [1.54, 1.807) is 0 Å². The predicted octanol–water partition coefficient (Wildman–Crippen LogP) is 2.39. The van der Waals surface area contributed by atoms with E-state index in [0.29, 0.717) is 0 Å². The first-order chi connectivity index (χ1) is 9.85. The van der Waals surface area contributed by atoms with E-state index < -0.39 is 0 Å². The van der Waals surface area contributed by atoms with Crippen molar-refractivity contribution in [1.29, 1.82) is 0 Å². The molecule has 0 aliphatic carbocycles. The van der Waals surface area contributed by atoms with E-state index >= 15 is 0 Å². The van der Waals surface area contributed by atoms with Crippen LogP contribution in [0.25, 0.3) is 0 Å². The lowest BCUT2D eigenvalue weighted by molar-refractivity contribution is 0.203. The predicted molar refractivity (Wildman–Crippen MR) is 78.8 cm³/mol. The van der Waals surface area contributed by atoms with Gasteiger partial charge >= 0.3 is 0 Å². The van der Waals surface area contributed by atoms with Gasteiger partial charge in [0, 0.05) is 19.2 Å². The molecule has 2 aromatic rings. The highest BCUT2D eigenvalue weighted by atomic mass is 16.5. The first-order valence-corrected chi connectivity index (χ1v) is 7.33. The molecule has 0 saturated carbocycles. The van der Waals surface area contributed by atoms with Crippen molar-refractivity contribution in [3.05, 3.63) is 47.8 Å². The molecule has 1 aromatic carbocycles. The fraction of sp³-hybridized carbons (Fsp3) is 0.438. The first kappa shape index (κ1) is 13.2. The third-order valence-corrected chi connectivity index (χ3v) is 3.53. The molecule has 0 radical (unpaired) electrons. The fourth-order valence-corrected chi connectivity index (χ4v) is 2.56. The number of nitrogens with one attached hydrogen (secondary N) is 1. The van der Waals surface area contributed by atoms with Crippen LogP contribution in [-0.2, 0) is 19.5 Å². The van der Waals surface area contributed by atoms with Gasteiger partial charge in [0.05, 0.1) is 12.2 Å². The Bertz CT molecular complexity index is 539. The van der Waals surface area contributed by atoms with Gasteiger partial charge < -0.3 is 10.1 Å². The third kappa shape index (κ3) is 3.02. The second-order valence-corrected chi connectivity index (χ2v) is 5.26. The van der Waals surface area contributed by atoms with Crippen molar-refractivity contribution in [2.24, 2.45) is 0 Å². The van der Waals surface area contributed by atoms with E-state index in [1.165, 1.54) is 5.56 Å². The third-order valence-electron chi connectivity index (χ3n) is 3.53. The largest absolute Gasteiger partial charge is 0.488 e. The smallest absolute Gasteiger partial charge is 0.123 e. The Morgan fingerprint density at radius 2 is 2.25 bits per heavy atom. The summed E-state index contributed by atoms with van der Waals surface area (Å²) in [5, 5.41) is 7.95. The summed E-state index contributed by atoms with van der Waals surface area (Å²) in [5.74, 6) is 1.02. The van der Waals surface area contributed by atoms with Crippen LogP contribution in [-0.4, -0.2) is 22.4 Å². The van der Waals surface area contributed by atoms with Gasteiger partial charge in [-0.1, -0.05) is 25.1 Å². The molecule has 1 atom stereocenters. The molecule has 1 unspecified atom stereocenters. The average molecular weight is 271 g/mol. The van der Waals surface area contributed by atoms with Gasteiger partial charge in [-0.15, -0.1) is 0 Å². The Labute approximate surface area is 119 Å².